The molecule has 7 nitrogen and oxygen atoms in total. The molecule has 2 aromatic carbocycles. The average molecular weight is 466 g/mol. The lowest BCUT2D eigenvalue weighted by Crippen LogP contribution is -2.50. The van der Waals surface area contributed by atoms with Crippen molar-refractivity contribution in [3.8, 4) is 11.5 Å². The average Bonchev–Trinajstić information content (AvgIpc) is 3.30. The number of fused-ring (bicyclic) bond motifs is 1. The van der Waals surface area contributed by atoms with Gasteiger partial charge in [-0.1, -0.05) is 6.07 Å². The van der Waals surface area contributed by atoms with Crippen molar-refractivity contribution in [2.75, 3.05) is 31.4 Å². The van der Waals surface area contributed by atoms with E-state index in [0.29, 0.717) is 24.2 Å². The van der Waals surface area contributed by atoms with Gasteiger partial charge < -0.3 is 29.7 Å². The maximum Gasteiger partial charge on any atom is 0.251 e. The summed E-state index contributed by atoms with van der Waals surface area (Å²) >= 11 is 0. The fraction of sp³-hybridized carbons (Fsp3) is 0.519. The summed E-state index contributed by atoms with van der Waals surface area (Å²) in [4.78, 5) is 15.0. The first-order valence-corrected chi connectivity index (χ1v) is 12.4. The number of anilines is 1. The topological polar surface area (TPSA) is 72.1 Å². The van der Waals surface area contributed by atoms with Crippen LogP contribution in [-0.4, -0.2) is 50.1 Å². The summed E-state index contributed by atoms with van der Waals surface area (Å²) in [5, 5.41) is 6.87. The summed E-state index contributed by atoms with van der Waals surface area (Å²) in [7, 11) is 0. The Labute approximate surface area is 201 Å². The van der Waals surface area contributed by atoms with Crippen molar-refractivity contribution < 1.29 is 19.0 Å². The summed E-state index contributed by atoms with van der Waals surface area (Å²) in [6, 6.07) is 14.8. The van der Waals surface area contributed by atoms with Crippen molar-refractivity contribution in [2.24, 2.45) is 0 Å². The van der Waals surface area contributed by atoms with Crippen molar-refractivity contribution in [3.63, 3.8) is 0 Å². The Balaban J connectivity index is 1.09. The van der Waals surface area contributed by atoms with Crippen molar-refractivity contribution in [3.05, 3.63) is 53.6 Å². The van der Waals surface area contributed by atoms with Gasteiger partial charge in [-0.3, -0.25) is 4.79 Å². The minimum absolute atomic E-state index is 0.0187. The van der Waals surface area contributed by atoms with E-state index >= 15 is 0 Å². The number of hydrogen-bond acceptors (Lipinski definition) is 6. The van der Waals surface area contributed by atoms with Crippen molar-refractivity contribution in [2.45, 2.75) is 63.8 Å². The second-order valence-electron chi connectivity index (χ2n) is 10.1. The van der Waals surface area contributed by atoms with Gasteiger partial charge in [0.1, 0.15) is 0 Å². The molecule has 2 saturated heterocycles. The molecule has 0 aromatic heterocycles. The Bertz CT molecular complexity index is 999. The van der Waals surface area contributed by atoms with Crippen LogP contribution in [0, 0.1) is 0 Å². The highest BCUT2D eigenvalue weighted by atomic mass is 16.7. The highest BCUT2D eigenvalue weighted by Crippen LogP contribution is 2.32. The zero-order valence-electron chi connectivity index (χ0n) is 20.1. The largest absolute Gasteiger partial charge is 0.454 e. The number of nitrogens with one attached hydrogen (secondary N) is 2. The first kappa shape index (κ1) is 23.0. The standard InChI is InChI=1S/C27H35N3O4/c1-27(2)16-22(11-14-34-27)29-21-9-12-30(13-10-21)23-6-4-20(5-7-23)26(31)28-17-19-3-8-24-25(15-19)33-18-32-24/h3-8,15,21-22,29H,9-14,16-18H2,1-2H3,(H,28,31). The maximum atomic E-state index is 12.6. The van der Waals surface area contributed by atoms with Crippen LogP contribution in [-0.2, 0) is 11.3 Å². The van der Waals surface area contributed by atoms with Crippen molar-refractivity contribution in [1.29, 1.82) is 0 Å². The second-order valence-corrected chi connectivity index (χ2v) is 10.1. The predicted octanol–water partition coefficient (Wildman–Crippen LogP) is 3.86. The quantitative estimate of drug-likeness (QED) is 0.675. The summed E-state index contributed by atoms with van der Waals surface area (Å²) < 4.78 is 16.6. The summed E-state index contributed by atoms with van der Waals surface area (Å²) in [6.07, 6.45) is 4.44. The Hall–Kier alpha value is -2.77. The molecule has 0 aliphatic carbocycles. The molecule has 1 amide bonds. The normalized spacial score (nSPS) is 21.9. The molecule has 5 rings (SSSR count). The van der Waals surface area contributed by atoms with Crippen LogP contribution in [0.25, 0.3) is 0 Å². The molecule has 2 fully saturated rings. The van der Waals surface area contributed by atoms with Crippen LogP contribution in [0.5, 0.6) is 11.5 Å². The fourth-order valence-corrected chi connectivity index (χ4v) is 5.17. The number of benzene rings is 2. The first-order chi connectivity index (χ1) is 16.4. The molecule has 0 saturated carbocycles. The molecule has 3 heterocycles. The lowest BCUT2D eigenvalue weighted by molar-refractivity contribution is -0.0644. The number of carbonyl (C=O) groups is 1. The number of piperidine rings is 1. The number of hydrogen-bond donors (Lipinski definition) is 2. The third kappa shape index (κ3) is 5.47. The van der Waals surface area contributed by atoms with Gasteiger partial charge in [0.15, 0.2) is 11.5 Å². The molecule has 3 aliphatic heterocycles. The van der Waals surface area contributed by atoms with Gasteiger partial charge in [-0.25, -0.2) is 0 Å². The predicted molar refractivity (Wildman–Crippen MR) is 132 cm³/mol. The van der Waals surface area contributed by atoms with Crippen LogP contribution in [0.4, 0.5) is 5.69 Å². The second kappa shape index (κ2) is 9.84. The molecule has 182 valence electrons. The summed E-state index contributed by atoms with van der Waals surface area (Å²) in [6.45, 7) is 7.97. The molecule has 1 unspecified atom stereocenters. The van der Waals surface area contributed by atoms with Gasteiger partial charge >= 0.3 is 0 Å². The zero-order valence-corrected chi connectivity index (χ0v) is 20.1. The van der Waals surface area contributed by atoms with Gasteiger partial charge in [0.25, 0.3) is 5.91 Å². The van der Waals surface area contributed by atoms with Crippen molar-refractivity contribution >= 4 is 11.6 Å². The number of carbonyl (C=O) groups excluding carboxylic acids is 1. The lowest BCUT2D eigenvalue weighted by atomic mass is 9.92. The van der Waals surface area contributed by atoms with E-state index in [2.05, 4.69) is 41.5 Å². The molecule has 0 spiro atoms. The summed E-state index contributed by atoms with van der Waals surface area (Å²) in [5.74, 6) is 1.40. The SMILES string of the molecule is CC1(C)CC(NC2CCN(c3ccc(C(=O)NCc4ccc5c(c4)OCO5)cc3)CC2)CCO1. The highest BCUT2D eigenvalue weighted by molar-refractivity contribution is 5.94. The summed E-state index contributed by atoms with van der Waals surface area (Å²) in [5.41, 5.74) is 2.81. The monoisotopic (exact) mass is 465 g/mol. The van der Waals surface area contributed by atoms with Crippen LogP contribution in [0.15, 0.2) is 42.5 Å². The molecule has 7 heteroatoms. The Morgan fingerprint density at radius 1 is 1.00 bits per heavy atom. The van der Waals surface area contributed by atoms with E-state index < -0.39 is 0 Å². The van der Waals surface area contributed by atoms with Gasteiger partial charge in [-0.15, -0.1) is 0 Å². The van der Waals surface area contributed by atoms with Crippen LogP contribution < -0.4 is 25.0 Å². The number of ether oxygens (including phenoxy) is 3. The zero-order chi connectivity index (χ0) is 23.5. The van der Waals surface area contributed by atoms with Gasteiger partial charge in [-0.2, -0.15) is 0 Å². The number of rotatable bonds is 6. The van der Waals surface area contributed by atoms with Crippen LogP contribution >= 0.6 is 0 Å². The third-order valence-electron chi connectivity index (χ3n) is 7.05. The molecular formula is C27H35N3O4. The molecule has 2 aromatic rings. The van der Waals surface area contributed by atoms with Crippen molar-refractivity contribution in [1.82, 2.24) is 10.6 Å². The van der Waals surface area contributed by atoms with E-state index in [1.54, 1.807) is 0 Å². The number of nitrogens with zero attached hydrogens (tertiary/aromatic N) is 1. The minimum Gasteiger partial charge on any atom is -0.454 e. The Morgan fingerprint density at radius 3 is 2.53 bits per heavy atom. The van der Waals surface area contributed by atoms with Gasteiger partial charge in [0.2, 0.25) is 6.79 Å². The van der Waals surface area contributed by atoms with E-state index in [1.807, 2.05) is 30.3 Å². The van der Waals surface area contributed by atoms with Crippen LogP contribution in [0.2, 0.25) is 0 Å². The van der Waals surface area contributed by atoms with E-state index in [9.17, 15) is 4.79 Å². The lowest BCUT2D eigenvalue weighted by Gasteiger charge is -2.40. The van der Waals surface area contributed by atoms with E-state index in [1.165, 1.54) is 5.69 Å². The molecule has 0 bridgehead atoms. The van der Waals surface area contributed by atoms with E-state index in [4.69, 9.17) is 14.2 Å². The molecule has 1 atom stereocenters. The van der Waals surface area contributed by atoms with Gasteiger partial charge in [-0.05, 0) is 81.5 Å². The molecular weight excluding hydrogens is 430 g/mol. The molecule has 34 heavy (non-hydrogen) atoms. The van der Waals surface area contributed by atoms with E-state index in [-0.39, 0.29) is 18.3 Å². The highest BCUT2D eigenvalue weighted by Gasteiger charge is 2.31. The Morgan fingerprint density at radius 2 is 1.76 bits per heavy atom. The van der Waals surface area contributed by atoms with Crippen LogP contribution in [0.3, 0.4) is 0 Å². The first-order valence-electron chi connectivity index (χ1n) is 12.4. The van der Waals surface area contributed by atoms with Gasteiger partial charge in [0.05, 0.1) is 5.60 Å². The third-order valence-corrected chi connectivity index (χ3v) is 7.05. The van der Waals surface area contributed by atoms with E-state index in [0.717, 1.165) is 62.4 Å². The fourth-order valence-electron chi connectivity index (χ4n) is 5.17. The smallest absolute Gasteiger partial charge is 0.251 e. The number of amides is 1. The molecule has 0 radical (unpaired) electrons. The molecule has 2 N–H and O–H groups in total. The van der Waals surface area contributed by atoms with Gasteiger partial charge in [0, 0.05) is 49.6 Å². The Kier molecular flexibility index (Phi) is 6.66. The molecule has 3 aliphatic rings. The van der Waals surface area contributed by atoms with Crippen LogP contribution in [0.1, 0.15) is 55.5 Å². The minimum atomic E-state index is -0.0773. The maximum absolute atomic E-state index is 12.6.